The van der Waals surface area contributed by atoms with Crippen molar-refractivity contribution >= 4 is 40.4 Å². The average molecular weight is 537 g/mol. The summed E-state index contributed by atoms with van der Waals surface area (Å²) in [5.41, 5.74) is 3.79. The molecule has 2 atom stereocenters. The lowest BCUT2D eigenvalue weighted by atomic mass is 10.00. The molecule has 38 heavy (non-hydrogen) atoms. The molecule has 1 aromatic carbocycles. The van der Waals surface area contributed by atoms with Crippen LogP contribution in [0.3, 0.4) is 0 Å². The zero-order valence-electron chi connectivity index (χ0n) is 21.5. The van der Waals surface area contributed by atoms with E-state index in [9.17, 15) is 9.59 Å². The predicted octanol–water partition coefficient (Wildman–Crippen LogP) is 4.41. The number of aromatic nitrogens is 3. The second-order valence-electron chi connectivity index (χ2n) is 10.8. The number of hydrogen-bond acceptors (Lipinski definition) is 5. The molecule has 2 aliphatic heterocycles. The third-order valence-electron chi connectivity index (χ3n) is 8.46. The molecule has 200 valence electrons. The van der Waals surface area contributed by atoms with Crippen molar-refractivity contribution in [3.8, 4) is 11.1 Å². The van der Waals surface area contributed by atoms with Crippen LogP contribution in [0, 0.1) is 23.7 Å². The molecule has 4 heterocycles. The smallest absolute Gasteiger partial charge is 0.317 e. The number of pyridine rings is 1. The van der Waals surface area contributed by atoms with Crippen molar-refractivity contribution in [3.05, 3.63) is 41.8 Å². The summed E-state index contributed by atoms with van der Waals surface area (Å²) in [6.45, 7) is 3.98. The molecule has 0 radical (unpaired) electrons. The number of nitrogens with one attached hydrogen (secondary N) is 2. The Kier molecular flexibility index (Phi) is 6.97. The summed E-state index contributed by atoms with van der Waals surface area (Å²) in [5, 5.41) is 6.25. The van der Waals surface area contributed by atoms with E-state index < -0.39 is 0 Å². The molecule has 2 N–H and O–H groups in total. The number of fused-ring (bicyclic) bond motifs is 2. The molecule has 3 fully saturated rings. The molecule has 0 bridgehead atoms. The zero-order chi connectivity index (χ0) is 26.2. The van der Waals surface area contributed by atoms with E-state index in [0.29, 0.717) is 41.7 Å². The Morgan fingerprint density at radius 2 is 1.87 bits per heavy atom. The summed E-state index contributed by atoms with van der Waals surface area (Å²) < 4.78 is 7.73. The molecule has 10 heteroatoms. The third kappa shape index (κ3) is 4.97. The number of amides is 3. The van der Waals surface area contributed by atoms with Gasteiger partial charge in [0.2, 0.25) is 5.91 Å². The lowest BCUT2D eigenvalue weighted by Gasteiger charge is -2.22. The van der Waals surface area contributed by atoms with Crippen LogP contribution in [-0.4, -0.2) is 64.7 Å². The predicted molar refractivity (Wildman–Crippen MR) is 146 cm³/mol. The first-order chi connectivity index (χ1) is 18.5. The Bertz CT molecular complexity index is 1340. The van der Waals surface area contributed by atoms with Gasteiger partial charge in [-0.25, -0.2) is 14.8 Å². The van der Waals surface area contributed by atoms with Gasteiger partial charge < -0.3 is 24.8 Å². The summed E-state index contributed by atoms with van der Waals surface area (Å²) in [5.74, 6) is 1.72. The van der Waals surface area contributed by atoms with Crippen molar-refractivity contribution in [1.82, 2.24) is 24.8 Å². The summed E-state index contributed by atoms with van der Waals surface area (Å²) in [6.07, 6.45) is 7.21. The van der Waals surface area contributed by atoms with E-state index in [0.717, 1.165) is 67.6 Å². The number of nitrogens with zero attached hydrogens (tertiary/aromatic N) is 4. The Morgan fingerprint density at radius 1 is 1.11 bits per heavy atom. The van der Waals surface area contributed by atoms with Gasteiger partial charge in [0.05, 0.1) is 22.4 Å². The van der Waals surface area contributed by atoms with Crippen molar-refractivity contribution in [3.63, 3.8) is 0 Å². The maximum Gasteiger partial charge on any atom is 0.317 e. The Hall–Kier alpha value is -3.17. The average Bonchev–Trinajstić information content (AvgIpc) is 3.63. The van der Waals surface area contributed by atoms with Crippen LogP contribution in [0.15, 0.2) is 36.8 Å². The minimum Gasteiger partial charge on any atom is -0.381 e. The number of benzene rings is 1. The standard InChI is InChI=1S/C28H33ClN6O3/c1-30-28(37)34-14-20-8-19(9-21(20)15-34)27(36)33-26-11-22(23(29)12-31-26)18-2-3-24-25(10-18)35(16-32-24)13-17-4-6-38-7-5-17/h2-3,10-12,16-17,19-21H,4-9,13-15H2,1H3,(H,30,37)(H,31,33,36). The van der Waals surface area contributed by atoms with Gasteiger partial charge in [0.25, 0.3) is 0 Å². The van der Waals surface area contributed by atoms with E-state index in [-0.39, 0.29) is 17.9 Å². The molecular formula is C28H33ClN6O3. The van der Waals surface area contributed by atoms with Gasteiger partial charge in [-0.2, -0.15) is 0 Å². The highest BCUT2D eigenvalue weighted by Crippen LogP contribution is 2.42. The number of imidazole rings is 1. The first-order valence-corrected chi connectivity index (χ1v) is 13.8. The maximum absolute atomic E-state index is 13.1. The van der Waals surface area contributed by atoms with Crippen molar-refractivity contribution in [2.24, 2.45) is 23.7 Å². The summed E-state index contributed by atoms with van der Waals surface area (Å²) >= 11 is 6.58. The van der Waals surface area contributed by atoms with Crippen molar-refractivity contribution in [1.29, 1.82) is 0 Å². The van der Waals surface area contributed by atoms with Crippen LogP contribution in [0.25, 0.3) is 22.2 Å². The normalized spacial score (nSPS) is 23.5. The highest BCUT2D eigenvalue weighted by molar-refractivity contribution is 6.33. The quantitative estimate of drug-likeness (QED) is 0.503. The van der Waals surface area contributed by atoms with Gasteiger partial charge in [0, 0.05) is 57.6 Å². The minimum atomic E-state index is -0.0753. The molecule has 3 aromatic rings. The molecule has 3 amide bonds. The van der Waals surface area contributed by atoms with Crippen LogP contribution < -0.4 is 10.6 Å². The molecule has 6 rings (SSSR count). The van der Waals surface area contributed by atoms with Crippen LogP contribution in [0.1, 0.15) is 25.7 Å². The topological polar surface area (TPSA) is 101 Å². The maximum atomic E-state index is 13.1. The number of hydrogen-bond donors (Lipinski definition) is 2. The first-order valence-electron chi connectivity index (χ1n) is 13.4. The van der Waals surface area contributed by atoms with E-state index in [1.54, 1.807) is 13.2 Å². The van der Waals surface area contributed by atoms with Crippen LogP contribution >= 0.6 is 11.6 Å². The highest BCUT2D eigenvalue weighted by Gasteiger charge is 2.44. The van der Waals surface area contributed by atoms with Crippen LogP contribution in [-0.2, 0) is 16.1 Å². The van der Waals surface area contributed by atoms with E-state index in [1.807, 2.05) is 29.4 Å². The lowest BCUT2D eigenvalue weighted by molar-refractivity contribution is -0.119. The first kappa shape index (κ1) is 25.1. The molecule has 1 aliphatic carbocycles. The van der Waals surface area contributed by atoms with Gasteiger partial charge in [-0.05, 0) is 67.2 Å². The lowest BCUT2D eigenvalue weighted by Crippen LogP contribution is -2.37. The number of anilines is 1. The Balaban J connectivity index is 1.16. The fourth-order valence-corrected chi connectivity index (χ4v) is 6.58. The highest BCUT2D eigenvalue weighted by atomic mass is 35.5. The van der Waals surface area contributed by atoms with E-state index >= 15 is 0 Å². The van der Waals surface area contributed by atoms with Crippen molar-refractivity contribution < 1.29 is 14.3 Å². The van der Waals surface area contributed by atoms with Gasteiger partial charge in [0.15, 0.2) is 0 Å². The van der Waals surface area contributed by atoms with Crippen LogP contribution in [0.4, 0.5) is 10.6 Å². The van der Waals surface area contributed by atoms with Gasteiger partial charge >= 0.3 is 6.03 Å². The van der Waals surface area contributed by atoms with E-state index in [4.69, 9.17) is 16.3 Å². The molecule has 9 nitrogen and oxygen atoms in total. The number of carbonyl (C=O) groups excluding carboxylic acids is 2. The molecule has 0 spiro atoms. The number of urea groups is 1. The molecule has 2 unspecified atom stereocenters. The minimum absolute atomic E-state index is 0.0170. The van der Waals surface area contributed by atoms with Gasteiger partial charge in [0.1, 0.15) is 5.82 Å². The largest absolute Gasteiger partial charge is 0.381 e. The number of rotatable bonds is 5. The summed E-state index contributed by atoms with van der Waals surface area (Å²) in [6, 6.07) is 7.95. The second kappa shape index (κ2) is 10.5. The van der Waals surface area contributed by atoms with E-state index in [1.165, 1.54) is 0 Å². The zero-order valence-corrected chi connectivity index (χ0v) is 22.3. The molecule has 1 saturated carbocycles. The number of carbonyl (C=O) groups is 2. The fraction of sp³-hybridized carbons (Fsp3) is 0.500. The SMILES string of the molecule is CNC(=O)N1CC2CC(C(=O)Nc3cc(-c4ccc5ncn(CC6CCOCC6)c5c4)c(Cl)cn3)CC2C1. The van der Waals surface area contributed by atoms with Crippen molar-refractivity contribution in [2.45, 2.75) is 32.2 Å². The van der Waals surface area contributed by atoms with Gasteiger partial charge in [-0.15, -0.1) is 0 Å². The molecule has 3 aliphatic rings. The summed E-state index contributed by atoms with van der Waals surface area (Å²) in [7, 11) is 1.65. The molecule has 2 aromatic heterocycles. The number of ether oxygens (including phenoxy) is 1. The Labute approximate surface area is 226 Å². The van der Waals surface area contributed by atoms with Gasteiger partial charge in [-0.1, -0.05) is 17.7 Å². The second-order valence-corrected chi connectivity index (χ2v) is 11.3. The Morgan fingerprint density at radius 3 is 2.61 bits per heavy atom. The molecule has 2 saturated heterocycles. The van der Waals surface area contributed by atoms with Crippen LogP contribution in [0.2, 0.25) is 5.02 Å². The third-order valence-corrected chi connectivity index (χ3v) is 8.76. The van der Waals surface area contributed by atoms with Crippen LogP contribution in [0.5, 0.6) is 0 Å². The van der Waals surface area contributed by atoms with E-state index in [2.05, 4.69) is 31.2 Å². The monoisotopic (exact) mass is 536 g/mol. The summed E-state index contributed by atoms with van der Waals surface area (Å²) in [4.78, 5) is 35.9. The number of likely N-dealkylation sites (tertiary alicyclic amines) is 1. The fourth-order valence-electron chi connectivity index (χ4n) is 6.37. The van der Waals surface area contributed by atoms with Crippen molar-refractivity contribution in [2.75, 3.05) is 38.7 Å². The molecular weight excluding hydrogens is 504 g/mol. The number of halogens is 1. The van der Waals surface area contributed by atoms with Gasteiger partial charge in [-0.3, -0.25) is 4.79 Å².